The van der Waals surface area contributed by atoms with E-state index in [0.29, 0.717) is 5.02 Å². The molecule has 1 unspecified atom stereocenters. The van der Waals surface area contributed by atoms with Gasteiger partial charge >= 0.3 is 0 Å². The van der Waals surface area contributed by atoms with E-state index in [0.717, 1.165) is 20.4 Å². The maximum absolute atomic E-state index is 5.95. The first-order valence-corrected chi connectivity index (χ1v) is 8.02. The Morgan fingerprint density at radius 2 is 1.85 bits per heavy atom. The fourth-order valence-electron chi connectivity index (χ4n) is 1.88. The number of nitrogens with one attached hydrogen (secondary N) is 1. The van der Waals surface area contributed by atoms with E-state index in [1.807, 2.05) is 30.3 Å². The minimum Gasteiger partial charge on any atom is -0.496 e. The molecule has 1 N–H and O–H groups in total. The van der Waals surface area contributed by atoms with Crippen LogP contribution in [0.15, 0.2) is 45.3 Å². The summed E-state index contributed by atoms with van der Waals surface area (Å²) in [5.74, 6) is 0.827. The Kier molecular flexibility index (Phi) is 5.35. The monoisotopic (exact) mass is 417 g/mol. The molecule has 2 aromatic carbocycles. The third-order valence-corrected chi connectivity index (χ3v) is 4.49. The van der Waals surface area contributed by atoms with Gasteiger partial charge in [-0.2, -0.15) is 0 Å². The van der Waals surface area contributed by atoms with Crippen LogP contribution in [0.2, 0.25) is 5.02 Å². The molecule has 106 valence electrons. The molecule has 0 saturated carbocycles. The second-order valence-electron chi connectivity index (χ2n) is 4.38. The Balaban J connectivity index is 2.19. The number of rotatable bonds is 4. The van der Waals surface area contributed by atoms with Gasteiger partial charge in [0.15, 0.2) is 0 Å². The van der Waals surface area contributed by atoms with Crippen LogP contribution < -0.4 is 10.1 Å². The first-order chi connectivity index (χ1) is 9.51. The molecule has 1 atom stereocenters. The maximum Gasteiger partial charge on any atom is 0.133 e. The molecule has 2 aromatic rings. The van der Waals surface area contributed by atoms with Gasteiger partial charge in [-0.05, 0) is 74.7 Å². The Morgan fingerprint density at radius 1 is 1.10 bits per heavy atom. The second kappa shape index (κ2) is 6.83. The Bertz CT molecular complexity index is 619. The highest BCUT2D eigenvalue weighted by Gasteiger charge is 2.10. The van der Waals surface area contributed by atoms with Crippen LogP contribution in [0.3, 0.4) is 0 Å². The molecule has 0 saturated heterocycles. The van der Waals surface area contributed by atoms with Crippen molar-refractivity contribution in [3.8, 4) is 5.75 Å². The summed E-state index contributed by atoms with van der Waals surface area (Å²) in [6.45, 7) is 2.11. The van der Waals surface area contributed by atoms with Crippen LogP contribution in [-0.4, -0.2) is 7.11 Å². The number of hydrogen-bond donors (Lipinski definition) is 1. The summed E-state index contributed by atoms with van der Waals surface area (Å²) in [5, 5.41) is 4.16. The molecule has 2 nitrogen and oxygen atoms in total. The molecule has 0 bridgehead atoms. The molecule has 0 heterocycles. The lowest BCUT2D eigenvalue weighted by atomic mass is 10.1. The predicted octanol–water partition coefficient (Wildman–Crippen LogP) is 6.05. The molecule has 5 heteroatoms. The molecule has 0 aliphatic rings. The zero-order valence-electron chi connectivity index (χ0n) is 11.1. The van der Waals surface area contributed by atoms with Crippen LogP contribution in [0.4, 0.5) is 5.69 Å². The summed E-state index contributed by atoms with van der Waals surface area (Å²) in [5.41, 5.74) is 2.17. The SMILES string of the molecule is COc1ccc(C(C)Nc2ccc(Cl)cc2Br)cc1Br. The zero-order chi connectivity index (χ0) is 14.7. The largest absolute Gasteiger partial charge is 0.496 e. The van der Waals surface area contributed by atoms with Gasteiger partial charge in [-0.25, -0.2) is 0 Å². The van der Waals surface area contributed by atoms with E-state index < -0.39 is 0 Å². The molecular formula is C15H14Br2ClNO. The average molecular weight is 420 g/mol. The summed E-state index contributed by atoms with van der Waals surface area (Å²) < 4.78 is 7.14. The van der Waals surface area contributed by atoms with Crippen LogP contribution >= 0.6 is 43.5 Å². The van der Waals surface area contributed by atoms with Crippen molar-refractivity contribution in [2.24, 2.45) is 0 Å². The van der Waals surface area contributed by atoms with E-state index in [1.165, 1.54) is 5.56 Å². The zero-order valence-corrected chi connectivity index (χ0v) is 15.0. The molecule has 0 aliphatic heterocycles. The highest BCUT2D eigenvalue weighted by molar-refractivity contribution is 9.11. The molecule has 0 amide bonds. The van der Waals surface area contributed by atoms with Gasteiger partial charge in [0.05, 0.1) is 11.6 Å². The van der Waals surface area contributed by atoms with E-state index in [-0.39, 0.29) is 6.04 Å². The topological polar surface area (TPSA) is 21.3 Å². The average Bonchev–Trinajstić information content (AvgIpc) is 2.41. The summed E-state index contributed by atoms with van der Waals surface area (Å²) in [6, 6.07) is 11.9. The van der Waals surface area contributed by atoms with E-state index >= 15 is 0 Å². The van der Waals surface area contributed by atoms with Gasteiger partial charge in [-0.3, -0.25) is 0 Å². The number of hydrogen-bond acceptors (Lipinski definition) is 2. The molecule has 0 spiro atoms. The van der Waals surface area contributed by atoms with Crippen molar-refractivity contribution in [1.29, 1.82) is 0 Å². The Hall–Kier alpha value is -0.710. The quantitative estimate of drug-likeness (QED) is 0.652. The molecule has 0 aromatic heterocycles. The van der Waals surface area contributed by atoms with Gasteiger partial charge in [0.2, 0.25) is 0 Å². The van der Waals surface area contributed by atoms with Crippen LogP contribution in [0, 0.1) is 0 Å². The smallest absolute Gasteiger partial charge is 0.133 e. The first kappa shape index (κ1) is 15.7. The third kappa shape index (κ3) is 3.68. The van der Waals surface area contributed by atoms with Crippen molar-refractivity contribution in [2.75, 3.05) is 12.4 Å². The number of anilines is 1. The van der Waals surface area contributed by atoms with E-state index in [9.17, 15) is 0 Å². The minimum absolute atomic E-state index is 0.162. The fraction of sp³-hybridized carbons (Fsp3) is 0.200. The highest BCUT2D eigenvalue weighted by Crippen LogP contribution is 2.32. The summed E-state index contributed by atoms with van der Waals surface area (Å²) in [6.07, 6.45) is 0. The third-order valence-electron chi connectivity index (χ3n) is 2.98. The lowest BCUT2D eigenvalue weighted by Crippen LogP contribution is -2.07. The minimum atomic E-state index is 0.162. The second-order valence-corrected chi connectivity index (χ2v) is 6.53. The number of methoxy groups -OCH3 is 1. The summed E-state index contributed by atoms with van der Waals surface area (Å²) >= 11 is 13.0. The molecule has 0 aliphatic carbocycles. The fourth-order valence-corrected chi connectivity index (χ4v) is 3.23. The molecule has 20 heavy (non-hydrogen) atoms. The summed E-state index contributed by atoms with van der Waals surface area (Å²) in [7, 11) is 1.66. The van der Waals surface area contributed by atoms with Crippen LogP contribution in [0.1, 0.15) is 18.5 Å². The van der Waals surface area contributed by atoms with E-state index in [1.54, 1.807) is 7.11 Å². The number of ether oxygens (including phenoxy) is 1. The van der Waals surface area contributed by atoms with Crippen molar-refractivity contribution in [3.63, 3.8) is 0 Å². The van der Waals surface area contributed by atoms with Gasteiger partial charge < -0.3 is 10.1 Å². The van der Waals surface area contributed by atoms with Gasteiger partial charge in [-0.1, -0.05) is 17.7 Å². The summed E-state index contributed by atoms with van der Waals surface area (Å²) in [4.78, 5) is 0. The predicted molar refractivity (Wildman–Crippen MR) is 91.9 cm³/mol. The van der Waals surface area contributed by atoms with Gasteiger partial charge in [0.1, 0.15) is 5.75 Å². The Labute approximate surface area is 140 Å². The van der Waals surface area contributed by atoms with Gasteiger partial charge in [-0.15, -0.1) is 0 Å². The first-order valence-electron chi connectivity index (χ1n) is 6.06. The van der Waals surface area contributed by atoms with Crippen LogP contribution in [0.5, 0.6) is 5.75 Å². The van der Waals surface area contributed by atoms with Gasteiger partial charge in [0, 0.05) is 21.2 Å². The standard InChI is InChI=1S/C15H14Br2ClNO/c1-9(10-3-6-15(20-2)13(17)7-10)19-14-5-4-11(18)8-12(14)16/h3-9,19H,1-2H3. The lowest BCUT2D eigenvalue weighted by molar-refractivity contribution is 0.412. The Morgan fingerprint density at radius 3 is 2.45 bits per heavy atom. The molecule has 0 radical (unpaired) electrons. The maximum atomic E-state index is 5.95. The molecule has 2 rings (SSSR count). The normalized spacial score (nSPS) is 12.1. The van der Waals surface area contributed by atoms with Crippen LogP contribution in [0.25, 0.3) is 0 Å². The molecule has 0 fully saturated rings. The van der Waals surface area contributed by atoms with Crippen molar-refractivity contribution in [3.05, 3.63) is 55.9 Å². The van der Waals surface area contributed by atoms with Crippen molar-refractivity contribution in [1.82, 2.24) is 0 Å². The van der Waals surface area contributed by atoms with E-state index in [2.05, 4.69) is 50.2 Å². The van der Waals surface area contributed by atoms with Crippen molar-refractivity contribution >= 4 is 49.1 Å². The number of halogens is 3. The van der Waals surface area contributed by atoms with Crippen LogP contribution in [-0.2, 0) is 0 Å². The number of benzene rings is 2. The molecular weight excluding hydrogens is 405 g/mol. The lowest BCUT2D eigenvalue weighted by Gasteiger charge is -2.18. The van der Waals surface area contributed by atoms with Gasteiger partial charge in [0.25, 0.3) is 0 Å². The van der Waals surface area contributed by atoms with E-state index in [4.69, 9.17) is 16.3 Å². The van der Waals surface area contributed by atoms with Crippen molar-refractivity contribution in [2.45, 2.75) is 13.0 Å². The van der Waals surface area contributed by atoms with Crippen molar-refractivity contribution < 1.29 is 4.74 Å². The highest BCUT2D eigenvalue weighted by atomic mass is 79.9.